The van der Waals surface area contributed by atoms with E-state index in [1.807, 2.05) is 0 Å². The van der Waals surface area contributed by atoms with Crippen molar-refractivity contribution in [1.82, 2.24) is 0 Å². The van der Waals surface area contributed by atoms with Gasteiger partial charge in [-0.1, -0.05) is 13.8 Å². The van der Waals surface area contributed by atoms with E-state index in [4.69, 9.17) is 10.5 Å². The van der Waals surface area contributed by atoms with Crippen molar-refractivity contribution in [2.45, 2.75) is 39.2 Å². The molecule has 1 rings (SSSR count). The van der Waals surface area contributed by atoms with Crippen LogP contribution in [0.25, 0.3) is 0 Å². The van der Waals surface area contributed by atoms with E-state index in [0.29, 0.717) is 18.4 Å². The molecule has 1 aliphatic rings. The van der Waals surface area contributed by atoms with Gasteiger partial charge in [0.05, 0.1) is 0 Å². The Labute approximate surface area is 79.6 Å². The lowest BCUT2D eigenvalue weighted by Gasteiger charge is -2.27. The molecular weight excluding hydrogens is 166 g/mol. The predicted octanol–water partition coefficient (Wildman–Crippen LogP) is 1.31. The van der Waals surface area contributed by atoms with Gasteiger partial charge in [0, 0.05) is 13.5 Å². The first-order valence-electron chi connectivity index (χ1n) is 4.89. The minimum atomic E-state index is -0.370. The minimum absolute atomic E-state index is 0.216. The highest BCUT2D eigenvalue weighted by Gasteiger charge is 2.43. The van der Waals surface area contributed by atoms with Crippen LogP contribution in [0, 0.1) is 11.8 Å². The number of esters is 1. The molecule has 0 saturated heterocycles. The van der Waals surface area contributed by atoms with Gasteiger partial charge >= 0.3 is 5.97 Å². The van der Waals surface area contributed by atoms with Crippen LogP contribution in [0.15, 0.2) is 0 Å². The molecule has 0 aromatic heterocycles. The first-order valence-corrected chi connectivity index (χ1v) is 4.89. The Kier molecular flexibility index (Phi) is 2.96. The summed E-state index contributed by atoms with van der Waals surface area (Å²) in [7, 11) is 0. The molecule has 2 atom stereocenters. The fourth-order valence-electron chi connectivity index (χ4n) is 2.26. The van der Waals surface area contributed by atoms with E-state index in [0.717, 1.165) is 12.8 Å². The Morgan fingerprint density at radius 3 is 2.23 bits per heavy atom. The third-order valence-corrected chi connectivity index (χ3v) is 3.09. The normalized spacial score (nSPS) is 31.7. The van der Waals surface area contributed by atoms with Crippen molar-refractivity contribution in [1.29, 1.82) is 0 Å². The monoisotopic (exact) mass is 185 g/mol. The first kappa shape index (κ1) is 10.5. The number of ether oxygens (including phenoxy) is 1. The van der Waals surface area contributed by atoms with Gasteiger partial charge in [-0.3, -0.25) is 4.79 Å². The molecule has 0 aliphatic heterocycles. The summed E-state index contributed by atoms with van der Waals surface area (Å²) in [5.74, 6) is 0.984. The summed E-state index contributed by atoms with van der Waals surface area (Å²) in [6.07, 6.45) is 1.81. The maximum Gasteiger partial charge on any atom is 0.303 e. The Bertz CT molecular complexity index is 193. The number of rotatable bonds is 2. The molecule has 0 radical (unpaired) electrons. The third-order valence-electron chi connectivity index (χ3n) is 3.09. The molecule has 0 bridgehead atoms. The van der Waals surface area contributed by atoms with Crippen LogP contribution in [-0.4, -0.2) is 18.1 Å². The fraction of sp³-hybridized carbons (Fsp3) is 0.900. The molecular formula is C10H19NO2. The number of hydrogen-bond donors (Lipinski definition) is 1. The molecule has 0 spiro atoms. The van der Waals surface area contributed by atoms with E-state index in [9.17, 15) is 4.79 Å². The van der Waals surface area contributed by atoms with Gasteiger partial charge in [-0.25, -0.2) is 0 Å². The van der Waals surface area contributed by atoms with Crippen LogP contribution in [0.2, 0.25) is 0 Å². The molecule has 0 aromatic carbocycles. The topological polar surface area (TPSA) is 52.3 Å². The molecule has 3 nitrogen and oxygen atoms in total. The van der Waals surface area contributed by atoms with Crippen molar-refractivity contribution in [2.75, 3.05) is 6.54 Å². The van der Waals surface area contributed by atoms with Crippen LogP contribution in [0.5, 0.6) is 0 Å². The summed E-state index contributed by atoms with van der Waals surface area (Å²) in [6.45, 7) is 6.27. The van der Waals surface area contributed by atoms with Crippen molar-refractivity contribution in [3.8, 4) is 0 Å². The zero-order valence-corrected chi connectivity index (χ0v) is 8.67. The fourth-order valence-corrected chi connectivity index (χ4v) is 2.26. The molecule has 0 unspecified atom stereocenters. The zero-order valence-electron chi connectivity index (χ0n) is 8.67. The lowest BCUT2D eigenvalue weighted by molar-refractivity contribution is -0.155. The van der Waals surface area contributed by atoms with Gasteiger partial charge < -0.3 is 10.5 Å². The van der Waals surface area contributed by atoms with Crippen molar-refractivity contribution in [3.63, 3.8) is 0 Å². The van der Waals surface area contributed by atoms with Crippen LogP contribution in [0.4, 0.5) is 0 Å². The van der Waals surface area contributed by atoms with Gasteiger partial charge in [-0.05, 0) is 24.7 Å². The highest BCUT2D eigenvalue weighted by atomic mass is 16.6. The van der Waals surface area contributed by atoms with E-state index in [1.54, 1.807) is 0 Å². The first-order chi connectivity index (χ1) is 5.99. The number of nitrogens with two attached hydrogens (primary N) is 1. The standard InChI is InChI=1S/C10H19NO2/c1-7-4-10(6-11,5-8(7)2)13-9(3)12/h7-8H,4-6,11H2,1-3H3/t7-,8-/m0/s1. The molecule has 1 saturated carbocycles. The Morgan fingerprint density at radius 1 is 1.46 bits per heavy atom. The average Bonchev–Trinajstić information content (AvgIpc) is 2.27. The van der Waals surface area contributed by atoms with E-state index >= 15 is 0 Å². The number of hydrogen-bond acceptors (Lipinski definition) is 3. The summed E-state index contributed by atoms with van der Waals surface area (Å²) < 4.78 is 5.32. The van der Waals surface area contributed by atoms with Gasteiger partial charge in [0.25, 0.3) is 0 Å². The van der Waals surface area contributed by atoms with Crippen LogP contribution >= 0.6 is 0 Å². The second-order valence-corrected chi connectivity index (χ2v) is 4.34. The molecule has 76 valence electrons. The SMILES string of the molecule is CC(=O)OC1(CN)C[C@H](C)[C@@H](C)C1. The summed E-state index contributed by atoms with van der Waals surface area (Å²) in [4.78, 5) is 10.9. The van der Waals surface area contributed by atoms with Crippen molar-refractivity contribution in [2.24, 2.45) is 17.6 Å². The van der Waals surface area contributed by atoms with Crippen LogP contribution in [0.3, 0.4) is 0 Å². The predicted molar refractivity (Wildman–Crippen MR) is 51.1 cm³/mol. The van der Waals surface area contributed by atoms with E-state index in [-0.39, 0.29) is 11.6 Å². The van der Waals surface area contributed by atoms with Gasteiger partial charge in [0.2, 0.25) is 0 Å². The van der Waals surface area contributed by atoms with Crippen LogP contribution in [0.1, 0.15) is 33.6 Å². The molecule has 0 amide bonds. The zero-order chi connectivity index (χ0) is 10.1. The van der Waals surface area contributed by atoms with E-state index in [2.05, 4.69) is 13.8 Å². The van der Waals surface area contributed by atoms with E-state index in [1.165, 1.54) is 6.92 Å². The minimum Gasteiger partial charge on any atom is -0.458 e. The largest absolute Gasteiger partial charge is 0.458 e. The van der Waals surface area contributed by atoms with Crippen molar-refractivity contribution < 1.29 is 9.53 Å². The Hall–Kier alpha value is -0.570. The maximum atomic E-state index is 10.9. The smallest absolute Gasteiger partial charge is 0.303 e. The second-order valence-electron chi connectivity index (χ2n) is 4.34. The highest BCUT2D eigenvalue weighted by molar-refractivity contribution is 5.66. The average molecular weight is 185 g/mol. The van der Waals surface area contributed by atoms with Crippen molar-refractivity contribution >= 4 is 5.97 Å². The Balaban J connectivity index is 2.67. The maximum absolute atomic E-state index is 10.9. The van der Waals surface area contributed by atoms with Crippen LogP contribution in [-0.2, 0) is 9.53 Å². The molecule has 0 heterocycles. The Morgan fingerprint density at radius 2 is 1.92 bits per heavy atom. The summed E-state index contributed by atoms with van der Waals surface area (Å²) in [5.41, 5.74) is 5.29. The second kappa shape index (κ2) is 3.66. The van der Waals surface area contributed by atoms with Gasteiger partial charge in [-0.2, -0.15) is 0 Å². The molecule has 0 aromatic rings. The molecule has 2 N–H and O–H groups in total. The van der Waals surface area contributed by atoms with Gasteiger partial charge in [0.1, 0.15) is 5.60 Å². The lowest BCUT2D eigenvalue weighted by atomic mass is 10.0. The van der Waals surface area contributed by atoms with Crippen molar-refractivity contribution in [3.05, 3.63) is 0 Å². The van der Waals surface area contributed by atoms with E-state index < -0.39 is 0 Å². The lowest BCUT2D eigenvalue weighted by Crippen LogP contribution is -2.39. The molecule has 13 heavy (non-hydrogen) atoms. The summed E-state index contributed by atoms with van der Waals surface area (Å²) in [5, 5.41) is 0. The molecule has 3 heteroatoms. The highest BCUT2D eigenvalue weighted by Crippen LogP contribution is 2.40. The number of carbonyl (C=O) groups excluding carboxylic acids is 1. The molecule has 1 fully saturated rings. The summed E-state index contributed by atoms with van der Waals surface area (Å²) in [6, 6.07) is 0. The van der Waals surface area contributed by atoms with Gasteiger partial charge in [0.15, 0.2) is 0 Å². The third kappa shape index (κ3) is 2.21. The summed E-state index contributed by atoms with van der Waals surface area (Å²) >= 11 is 0. The number of carbonyl (C=O) groups is 1. The molecule has 1 aliphatic carbocycles. The quantitative estimate of drug-likeness (QED) is 0.660. The van der Waals surface area contributed by atoms with Crippen LogP contribution < -0.4 is 5.73 Å². The van der Waals surface area contributed by atoms with Gasteiger partial charge in [-0.15, -0.1) is 0 Å².